The van der Waals surface area contributed by atoms with E-state index in [1.807, 2.05) is 6.26 Å². The van der Waals surface area contributed by atoms with Crippen molar-refractivity contribution in [3.63, 3.8) is 0 Å². The SMILES string of the molecule is CSCC[C@@H](NC(=O)C1CCCCS1)C(=O)O. The van der Waals surface area contributed by atoms with Gasteiger partial charge in [-0.2, -0.15) is 11.8 Å². The molecule has 0 saturated carbocycles. The van der Waals surface area contributed by atoms with Crippen LogP contribution in [0.3, 0.4) is 0 Å². The molecule has 17 heavy (non-hydrogen) atoms. The van der Waals surface area contributed by atoms with Crippen molar-refractivity contribution in [2.75, 3.05) is 17.8 Å². The Morgan fingerprint density at radius 1 is 1.53 bits per heavy atom. The van der Waals surface area contributed by atoms with Gasteiger partial charge in [-0.25, -0.2) is 4.79 Å². The minimum absolute atomic E-state index is 0.0557. The van der Waals surface area contributed by atoms with Crippen LogP contribution < -0.4 is 5.32 Å². The van der Waals surface area contributed by atoms with Crippen molar-refractivity contribution >= 4 is 35.4 Å². The predicted octanol–water partition coefficient (Wildman–Crippen LogP) is 1.59. The van der Waals surface area contributed by atoms with E-state index in [-0.39, 0.29) is 11.2 Å². The average molecular weight is 277 g/mol. The lowest BCUT2D eigenvalue weighted by Gasteiger charge is -2.22. The summed E-state index contributed by atoms with van der Waals surface area (Å²) in [5.74, 6) is 0.701. The van der Waals surface area contributed by atoms with Crippen LogP contribution in [0.1, 0.15) is 25.7 Å². The van der Waals surface area contributed by atoms with Gasteiger partial charge in [0.2, 0.25) is 5.91 Å². The van der Waals surface area contributed by atoms with Gasteiger partial charge in [-0.1, -0.05) is 6.42 Å². The first-order chi connectivity index (χ1) is 8.15. The Morgan fingerprint density at radius 2 is 2.29 bits per heavy atom. The van der Waals surface area contributed by atoms with Crippen molar-refractivity contribution in [2.45, 2.75) is 37.0 Å². The number of carbonyl (C=O) groups excluding carboxylic acids is 1. The van der Waals surface area contributed by atoms with Crippen LogP contribution in [-0.4, -0.2) is 46.0 Å². The zero-order valence-corrected chi connectivity index (χ0v) is 11.6. The number of thioether (sulfide) groups is 2. The second-order valence-electron chi connectivity index (χ2n) is 4.04. The molecule has 0 radical (unpaired) electrons. The van der Waals surface area contributed by atoms with E-state index < -0.39 is 12.0 Å². The molecule has 0 spiro atoms. The van der Waals surface area contributed by atoms with Crippen molar-refractivity contribution < 1.29 is 14.7 Å². The van der Waals surface area contributed by atoms with Crippen LogP contribution >= 0.6 is 23.5 Å². The van der Waals surface area contributed by atoms with Gasteiger partial charge in [0.25, 0.3) is 0 Å². The maximum absolute atomic E-state index is 11.9. The van der Waals surface area contributed by atoms with Crippen LogP contribution in [0.25, 0.3) is 0 Å². The van der Waals surface area contributed by atoms with Gasteiger partial charge in [-0.15, -0.1) is 11.8 Å². The molecule has 0 bridgehead atoms. The van der Waals surface area contributed by atoms with E-state index in [0.717, 1.165) is 30.8 Å². The van der Waals surface area contributed by atoms with Crippen LogP contribution in [0.5, 0.6) is 0 Å². The number of hydrogen-bond acceptors (Lipinski definition) is 4. The standard InChI is InChI=1S/C11H19NO3S2/c1-16-7-5-8(11(14)15)12-10(13)9-4-2-3-6-17-9/h8-9H,2-7H2,1H3,(H,12,13)(H,14,15)/t8-,9?/m1/s1. The molecule has 1 heterocycles. The highest BCUT2D eigenvalue weighted by Crippen LogP contribution is 2.25. The summed E-state index contributed by atoms with van der Waals surface area (Å²) in [6.07, 6.45) is 5.50. The highest BCUT2D eigenvalue weighted by Gasteiger charge is 2.26. The number of carboxylic acids is 1. The first kappa shape index (κ1) is 14.7. The van der Waals surface area contributed by atoms with Crippen LogP contribution in [0.15, 0.2) is 0 Å². The van der Waals surface area contributed by atoms with Crippen LogP contribution in [0.2, 0.25) is 0 Å². The third-order valence-corrected chi connectivity index (χ3v) is 4.72. The highest BCUT2D eigenvalue weighted by molar-refractivity contribution is 8.00. The van der Waals surface area contributed by atoms with E-state index >= 15 is 0 Å². The first-order valence-electron chi connectivity index (χ1n) is 5.79. The monoisotopic (exact) mass is 277 g/mol. The second-order valence-corrected chi connectivity index (χ2v) is 6.33. The van der Waals surface area contributed by atoms with Crippen LogP contribution in [-0.2, 0) is 9.59 Å². The Hall–Kier alpha value is -0.360. The summed E-state index contributed by atoms with van der Waals surface area (Å²) >= 11 is 3.23. The maximum atomic E-state index is 11.9. The van der Waals surface area contributed by atoms with Gasteiger partial charge in [0.1, 0.15) is 6.04 Å². The van der Waals surface area contributed by atoms with E-state index in [1.165, 1.54) is 0 Å². The third kappa shape index (κ3) is 5.21. The molecule has 1 amide bonds. The third-order valence-electron chi connectivity index (χ3n) is 2.70. The van der Waals surface area contributed by atoms with Crippen molar-refractivity contribution in [3.05, 3.63) is 0 Å². The molecule has 0 aliphatic carbocycles. The van der Waals surface area contributed by atoms with E-state index in [0.29, 0.717) is 6.42 Å². The molecule has 4 nitrogen and oxygen atoms in total. The number of carbonyl (C=O) groups is 2. The largest absolute Gasteiger partial charge is 0.480 e. The zero-order valence-electron chi connectivity index (χ0n) is 9.98. The zero-order chi connectivity index (χ0) is 12.7. The lowest BCUT2D eigenvalue weighted by molar-refractivity contribution is -0.141. The van der Waals surface area contributed by atoms with E-state index in [4.69, 9.17) is 5.11 Å². The minimum atomic E-state index is -0.937. The Bertz CT molecular complexity index is 267. The van der Waals surface area contributed by atoms with E-state index in [2.05, 4.69) is 5.32 Å². The predicted molar refractivity (Wildman–Crippen MR) is 72.7 cm³/mol. The summed E-state index contributed by atoms with van der Waals surface area (Å²) in [6, 6.07) is -0.738. The lowest BCUT2D eigenvalue weighted by atomic mass is 10.1. The molecule has 1 aliphatic heterocycles. The fourth-order valence-electron chi connectivity index (χ4n) is 1.71. The summed E-state index contributed by atoms with van der Waals surface area (Å²) in [4.78, 5) is 22.9. The molecule has 0 aromatic carbocycles. The topological polar surface area (TPSA) is 66.4 Å². The van der Waals surface area contributed by atoms with Gasteiger partial charge in [0, 0.05) is 0 Å². The molecular formula is C11H19NO3S2. The van der Waals surface area contributed by atoms with Gasteiger partial charge >= 0.3 is 5.97 Å². The molecule has 1 fully saturated rings. The van der Waals surface area contributed by atoms with E-state index in [9.17, 15) is 9.59 Å². The van der Waals surface area contributed by atoms with Gasteiger partial charge in [-0.3, -0.25) is 4.79 Å². The maximum Gasteiger partial charge on any atom is 0.326 e. The Balaban J connectivity index is 2.42. The smallest absolute Gasteiger partial charge is 0.326 e. The van der Waals surface area contributed by atoms with E-state index in [1.54, 1.807) is 23.5 Å². The van der Waals surface area contributed by atoms with Gasteiger partial charge < -0.3 is 10.4 Å². The van der Waals surface area contributed by atoms with Crippen molar-refractivity contribution in [1.29, 1.82) is 0 Å². The van der Waals surface area contributed by atoms with Crippen molar-refractivity contribution in [1.82, 2.24) is 5.32 Å². The molecule has 1 saturated heterocycles. The number of carboxylic acid groups (broad SMARTS) is 1. The van der Waals surface area contributed by atoms with Gasteiger partial charge in [0.15, 0.2) is 0 Å². The normalized spacial score (nSPS) is 21.8. The Labute approximate surface area is 110 Å². The van der Waals surface area contributed by atoms with Gasteiger partial charge in [0.05, 0.1) is 5.25 Å². The summed E-state index contributed by atoms with van der Waals surface area (Å²) in [5.41, 5.74) is 0. The summed E-state index contributed by atoms with van der Waals surface area (Å²) in [6.45, 7) is 0. The molecular weight excluding hydrogens is 258 g/mol. The average Bonchev–Trinajstić information content (AvgIpc) is 2.35. The van der Waals surface area contributed by atoms with Crippen LogP contribution in [0.4, 0.5) is 0 Å². The fourth-order valence-corrected chi connectivity index (χ4v) is 3.38. The summed E-state index contributed by atoms with van der Waals surface area (Å²) in [5, 5.41) is 11.6. The number of rotatable bonds is 6. The molecule has 0 aromatic rings. The molecule has 1 rings (SSSR count). The molecule has 6 heteroatoms. The highest BCUT2D eigenvalue weighted by atomic mass is 32.2. The first-order valence-corrected chi connectivity index (χ1v) is 8.23. The van der Waals surface area contributed by atoms with Crippen molar-refractivity contribution in [3.8, 4) is 0 Å². The molecule has 2 N–H and O–H groups in total. The van der Waals surface area contributed by atoms with Crippen LogP contribution in [0, 0.1) is 0 Å². The quantitative estimate of drug-likeness (QED) is 0.772. The van der Waals surface area contributed by atoms with Gasteiger partial charge in [-0.05, 0) is 37.0 Å². The number of aliphatic carboxylic acids is 1. The molecule has 1 unspecified atom stereocenters. The number of hydrogen-bond donors (Lipinski definition) is 2. The summed E-state index contributed by atoms with van der Waals surface area (Å²) < 4.78 is 0. The Kier molecular flexibility index (Phi) is 6.80. The Morgan fingerprint density at radius 3 is 2.82 bits per heavy atom. The lowest BCUT2D eigenvalue weighted by Crippen LogP contribution is -2.45. The molecule has 1 aliphatic rings. The number of nitrogens with one attached hydrogen (secondary N) is 1. The molecule has 0 aromatic heterocycles. The number of amides is 1. The molecule has 2 atom stereocenters. The second kappa shape index (κ2) is 7.87. The van der Waals surface area contributed by atoms with Crippen molar-refractivity contribution in [2.24, 2.45) is 0 Å². The minimum Gasteiger partial charge on any atom is -0.480 e. The fraction of sp³-hybridized carbons (Fsp3) is 0.818. The summed E-state index contributed by atoms with van der Waals surface area (Å²) in [7, 11) is 0. The molecule has 98 valence electrons.